The Morgan fingerprint density at radius 2 is 2.21 bits per heavy atom. The van der Waals surface area contributed by atoms with Gasteiger partial charge in [0.15, 0.2) is 0 Å². The minimum atomic E-state index is -0.0753. The van der Waals surface area contributed by atoms with Crippen molar-refractivity contribution in [1.29, 1.82) is 0 Å². The molecular formula is C17H21N3O3S. The Bertz CT molecular complexity index is 835. The molecule has 0 bridgehead atoms. The minimum Gasteiger partial charge on any atom is -0.378 e. The Morgan fingerprint density at radius 1 is 1.42 bits per heavy atom. The summed E-state index contributed by atoms with van der Waals surface area (Å²) in [7, 11) is 0. The van der Waals surface area contributed by atoms with Crippen molar-refractivity contribution in [2.24, 2.45) is 5.92 Å². The third-order valence-electron chi connectivity index (χ3n) is 4.95. The highest BCUT2D eigenvalue weighted by Gasteiger charge is 2.24. The fourth-order valence-electron chi connectivity index (χ4n) is 3.54. The van der Waals surface area contributed by atoms with Gasteiger partial charge in [0.05, 0.1) is 24.9 Å². The molecule has 24 heavy (non-hydrogen) atoms. The molecule has 1 amide bonds. The number of carbonyl (C=O) groups excluding carboxylic acids is 1. The van der Waals surface area contributed by atoms with E-state index in [1.54, 1.807) is 16.2 Å². The van der Waals surface area contributed by atoms with Crippen molar-refractivity contribution in [3.8, 4) is 0 Å². The van der Waals surface area contributed by atoms with Gasteiger partial charge >= 0.3 is 0 Å². The number of amides is 1. The first-order valence-corrected chi connectivity index (χ1v) is 9.30. The topological polar surface area (TPSA) is 64.4 Å². The second kappa shape index (κ2) is 6.29. The van der Waals surface area contributed by atoms with E-state index in [1.165, 1.54) is 21.3 Å². The van der Waals surface area contributed by atoms with Crippen molar-refractivity contribution >= 4 is 27.5 Å². The summed E-state index contributed by atoms with van der Waals surface area (Å²) in [6.07, 6.45) is 4.60. The lowest BCUT2D eigenvalue weighted by molar-refractivity contribution is -0.135. The molecule has 0 radical (unpaired) electrons. The van der Waals surface area contributed by atoms with Crippen LogP contribution in [0.4, 0.5) is 0 Å². The first-order chi connectivity index (χ1) is 11.6. The van der Waals surface area contributed by atoms with E-state index in [4.69, 9.17) is 4.74 Å². The Balaban J connectivity index is 1.66. The average molecular weight is 347 g/mol. The van der Waals surface area contributed by atoms with Gasteiger partial charge in [-0.15, -0.1) is 11.3 Å². The molecule has 1 aliphatic heterocycles. The summed E-state index contributed by atoms with van der Waals surface area (Å²) in [5.41, 5.74) is 1.09. The lowest BCUT2D eigenvalue weighted by Gasteiger charge is -2.27. The van der Waals surface area contributed by atoms with Crippen LogP contribution < -0.4 is 5.56 Å². The monoisotopic (exact) mass is 347 g/mol. The summed E-state index contributed by atoms with van der Waals surface area (Å²) in [6.45, 7) is 4.62. The maximum absolute atomic E-state index is 12.9. The lowest BCUT2D eigenvalue weighted by Crippen LogP contribution is -2.43. The van der Waals surface area contributed by atoms with Crippen LogP contribution in [0.1, 0.15) is 23.8 Å². The van der Waals surface area contributed by atoms with E-state index in [0.29, 0.717) is 32.2 Å². The highest BCUT2D eigenvalue weighted by Crippen LogP contribution is 2.35. The first kappa shape index (κ1) is 15.8. The normalized spacial score (nSPS) is 21.0. The summed E-state index contributed by atoms with van der Waals surface area (Å²) < 4.78 is 6.73. The largest absolute Gasteiger partial charge is 0.378 e. The van der Waals surface area contributed by atoms with Gasteiger partial charge < -0.3 is 9.64 Å². The van der Waals surface area contributed by atoms with Gasteiger partial charge in [0, 0.05) is 18.0 Å². The van der Waals surface area contributed by atoms with E-state index in [9.17, 15) is 9.59 Å². The number of hydrogen-bond donors (Lipinski definition) is 0. The summed E-state index contributed by atoms with van der Waals surface area (Å²) in [6, 6.07) is 0. The quantitative estimate of drug-likeness (QED) is 0.825. The Hall–Kier alpha value is -1.73. The van der Waals surface area contributed by atoms with Crippen LogP contribution in [0.5, 0.6) is 0 Å². The zero-order chi connectivity index (χ0) is 16.7. The van der Waals surface area contributed by atoms with E-state index < -0.39 is 0 Å². The molecule has 2 aromatic heterocycles. The highest BCUT2D eigenvalue weighted by molar-refractivity contribution is 7.18. The molecule has 6 nitrogen and oxygen atoms in total. The maximum atomic E-state index is 12.9. The van der Waals surface area contributed by atoms with Crippen molar-refractivity contribution in [3.63, 3.8) is 0 Å². The van der Waals surface area contributed by atoms with Gasteiger partial charge in [-0.1, -0.05) is 6.92 Å². The molecule has 0 unspecified atom stereocenters. The molecule has 2 aromatic rings. The number of aromatic nitrogens is 2. The fraction of sp³-hybridized carbons (Fsp3) is 0.588. The van der Waals surface area contributed by atoms with Crippen molar-refractivity contribution in [2.75, 3.05) is 26.3 Å². The Labute approximate surface area is 144 Å². The van der Waals surface area contributed by atoms with Gasteiger partial charge in [-0.3, -0.25) is 14.2 Å². The number of nitrogens with zero attached hydrogens (tertiary/aromatic N) is 3. The number of thiophene rings is 1. The van der Waals surface area contributed by atoms with Crippen LogP contribution in [-0.4, -0.2) is 46.7 Å². The molecular weight excluding hydrogens is 326 g/mol. The molecule has 0 spiro atoms. The van der Waals surface area contributed by atoms with Gasteiger partial charge in [-0.25, -0.2) is 4.98 Å². The number of fused-ring (bicyclic) bond motifs is 3. The van der Waals surface area contributed by atoms with Crippen molar-refractivity contribution in [3.05, 3.63) is 27.1 Å². The summed E-state index contributed by atoms with van der Waals surface area (Å²) >= 11 is 1.64. The highest BCUT2D eigenvalue weighted by atomic mass is 32.1. The van der Waals surface area contributed by atoms with Crippen molar-refractivity contribution in [2.45, 2.75) is 32.7 Å². The van der Waals surface area contributed by atoms with Gasteiger partial charge in [0.25, 0.3) is 5.56 Å². The Kier molecular flexibility index (Phi) is 4.14. The number of carbonyl (C=O) groups is 1. The van der Waals surface area contributed by atoms with E-state index in [0.717, 1.165) is 29.5 Å². The van der Waals surface area contributed by atoms with Crippen LogP contribution in [0.2, 0.25) is 0 Å². The first-order valence-electron chi connectivity index (χ1n) is 8.48. The van der Waals surface area contributed by atoms with Crippen LogP contribution in [0.3, 0.4) is 0 Å². The molecule has 128 valence electrons. The molecule has 0 aromatic carbocycles. The average Bonchev–Trinajstić information content (AvgIpc) is 2.96. The van der Waals surface area contributed by atoms with Crippen molar-refractivity contribution < 1.29 is 9.53 Å². The Morgan fingerprint density at radius 3 is 3.00 bits per heavy atom. The predicted molar refractivity (Wildman–Crippen MR) is 92.5 cm³/mol. The number of rotatable bonds is 2. The van der Waals surface area contributed by atoms with E-state index >= 15 is 0 Å². The molecule has 3 heterocycles. The van der Waals surface area contributed by atoms with Crippen molar-refractivity contribution in [1.82, 2.24) is 14.5 Å². The summed E-state index contributed by atoms with van der Waals surface area (Å²) in [5.74, 6) is 0.620. The molecule has 1 atom stereocenters. The molecule has 1 aliphatic carbocycles. The second-order valence-electron chi connectivity index (χ2n) is 6.70. The van der Waals surface area contributed by atoms with Crippen LogP contribution >= 0.6 is 11.3 Å². The maximum Gasteiger partial charge on any atom is 0.262 e. The van der Waals surface area contributed by atoms with E-state index in [2.05, 4.69) is 11.9 Å². The molecule has 2 aliphatic rings. The zero-order valence-corrected chi connectivity index (χ0v) is 14.6. The van der Waals surface area contributed by atoms with Gasteiger partial charge in [0.2, 0.25) is 5.91 Å². The minimum absolute atomic E-state index is 0.0423. The molecule has 4 rings (SSSR count). The third kappa shape index (κ3) is 2.75. The summed E-state index contributed by atoms with van der Waals surface area (Å²) in [4.78, 5) is 33.6. The number of aryl methyl sites for hydroxylation is 1. The predicted octanol–water partition coefficient (Wildman–Crippen LogP) is 1.44. The van der Waals surface area contributed by atoms with Crippen LogP contribution in [0.15, 0.2) is 11.1 Å². The van der Waals surface area contributed by atoms with Crippen LogP contribution in [0, 0.1) is 5.92 Å². The number of ether oxygens (including phenoxy) is 1. The molecule has 1 fully saturated rings. The SMILES string of the molecule is C[C@@H]1CCc2c(sc3ncn(CC(=O)N4CCOCC4)c(=O)c23)C1. The lowest BCUT2D eigenvalue weighted by atomic mass is 9.89. The fourth-order valence-corrected chi connectivity index (χ4v) is 4.88. The van der Waals surface area contributed by atoms with E-state index in [-0.39, 0.29) is 18.0 Å². The molecule has 1 saturated heterocycles. The second-order valence-corrected chi connectivity index (χ2v) is 7.79. The van der Waals surface area contributed by atoms with Crippen LogP contribution in [-0.2, 0) is 28.9 Å². The van der Waals surface area contributed by atoms with Gasteiger partial charge in [0.1, 0.15) is 11.4 Å². The van der Waals surface area contributed by atoms with Gasteiger partial charge in [-0.05, 0) is 30.7 Å². The van der Waals surface area contributed by atoms with Gasteiger partial charge in [-0.2, -0.15) is 0 Å². The molecule has 0 N–H and O–H groups in total. The van der Waals surface area contributed by atoms with Crippen LogP contribution in [0.25, 0.3) is 10.2 Å². The van der Waals surface area contributed by atoms with E-state index in [1.807, 2.05) is 0 Å². The molecule has 0 saturated carbocycles. The number of morpholine rings is 1. The zero-order valence-electron chi connectivity index (χ0n) is 13.8. The molecule has 7 heteroatoms. The smallest absolute Gasteiger partial charge is 0.262 e. The number of hydrogen-bond acceptors (Lipinski definition) is 5. The standard InChI is InChI=1S/C17H21N3O3S/c1-11-2-3-12-13(8-11)24-16-15(12)17(22)20(10-18-16)9-14(21)19-4-6-23-7-5-19/h10-11H,2-9H2,1H3/t11-/m1/s1. The third-order valence-corrected chi connectivity index (χ3v) is 6.11. The summed E-state index contributed by atoms with van der Waals surface area (Å²) in [5, 5.41) is 0.735.